The van der Waals surface area contributed by atoms with Gasteiger partial charge in [0.25, 0.3) is 5.91 Å². The van der Waals surface area contributed by atoms with Gasteiger partial charge in [-0.1, -0.05) is 42.5 Å². The first-order valence-corrected chi connectivity index (χ1v) is 9.88. The van der Waals surface area contributed by atoms with Gasteiger partial charge in [0.2, 0.25) is 0 Å². The highest BCUT2D eigenvalue weighted by atomic mass is 32.1. The van der Waals surface area contributed by atoms with Gasteiger partial charge in [0, 0.05) is 17.7 Å². The van der Waals surface area contributed by atoms with Crippen LogP contribution < -0.4 is 15.4 Å². The highest BCUT2D eigenvalue weighted by Crippen LogP contribution is 2.15. The van der Waals surface area contributed by atoms with Crippen LogP contribution in [-0.2, 0) is 6.42 Å². The van der Waals surface area contributed by atoms with Crippen molar-refractivity contribution >= 4 is 28.9 Å². The van der Waals surface area contributed by atoms with Crippen molar-refractivity contribution in [3.05, 3.63) is 95.1 Å². The van der Waals surface area contributed by atoms with E-state index in [0.29, 0.717) is 17.9 Å². The molecular weight excluding hydrogens is 380 g/mol. The number of anilines is 1. The molecule has 0 fully saturated rings. The van der Waals surface area contributed by atoms with Gasteiger partial charge in [0.05, 0.1) is 6.61 Å². The smallest absolute Gasteiger partial charge is 0.257 e. The zero-order valence-electron chi connectivity index (χ0n) is 16.6. The van der Waals surface area contributed by atoms with Gasteiger partial charge in [-0.05, 0) is 73.1 Å². The van der Waals surface area contributed by atoms with E-state index in [1.54, 1.807) is 18.2 Å². The minimum absolute atomic E-state index is 0.260. The second-order valence-corrected chi connectivity index (χ2v) is 7.30. The summed E-state index contributed by atoms with van der Waals surface area (Å²) in [4.78, 5) is 12.5. The molecule has 0 spiro atoms. The Kier molecular flexibility index (Phi) is 6.98. The molecule has 3 aromatic carbocycles. The number of ether oxygens (including phenoxy) is 1. The van der Waals surface area contributed by atoms with Crippen molar-refractivity contribution in [3.8, 4) is 5.75 Å². The van der Waals surface area contributed by atoms with Crippen molar-refractivity contribution in [1.82, 2.24) is 5.32 Å². The van der Waals surface area contributed by atoms with Crippen LogP contribution in [0, 0.1) is 13.8 Å². The summed E-state index contributed by atoms with van der Waals surface area (Å²) < 4.78 is 5.80. The maximum atomic E-state index is 12.5. The molecule has 5 heteroatoms. The number of carbonyl (C=O) groups excluding carboxylic acids is 1. The zero-order valence-corrected chi connectivity index (χ0v) is 17.4. The van der Waals surface area contributed by atoms with Gasteiger partial charge in [-0.3, -0.25) is 10.1 Å². The second-order valence-electron chi connectivity index (χ2n) is 6.90. The van der Waals surface area contributed by atoms with E-state index < -0.39 is 0 Å². The molecule has 0 saturated carbocycles. The fourth-order valence-corrected chi connectivity index (χ4v) is 3.25. The van der Waals surface area contributed by atoms with Crippen LogP contribution >= 0.6 is 12.2 Å². The van der Waals surface area contributed by atoms with Gasteiger partial charge in [0.1, 0.15) is 5.75 Å². The zero-order chi connectivity index (χ0) is 20.6. The Hall–Kier alpha value is -3.18. The van der Waals surface area contributed by atoms with E-state index in [9.17, 15) is 4.79 Å². The number of carbonyl (C=O) groups is 1. The van der Waals surface area contributed by atoms with Crippen LogP contribution in [0.3, 0.4) is 0 Å². The van der Waals surface area contributed by atoms with E-state index >= 15 is 0 Å². The summed E-state index contributed by atoms with van der Waals surface area (Å²) in [6.07, 6.45) is 0.807. The van der Waals surface area contributed by atoms with E-state index in [2.05, 4.69) is 28.8 Å². The molecule has 29 heavy (non-hydrogen) atoms. The van der Waals surface area contributed by atoms with Gasteiger partial charge in [-0.2, -0.15) is 0 Å². The number of benzene rings is 3. The third kappa shape index (κ3) is 6.43. The van der Waals surface area contributed by atoms with E-state index in [0.717, 1.165) is 23.2 Å². The maximum Gasteiger partial charge on any atom is 0.257 e. The fourth-order valence-electron chi connectivity index (χ4n) is 3.04. The minimum Gasteiger partial charge on any atom is -0.493 e. The average Bonchev–Trinajstić information content (AvgIpc) is 2.68. The monoisotopic (exact) mass is 404 g/mol. The fraction of sp³-hybridized carbons (Fsp3) is 0.167. The second kappa shape index (κ2) is 9.85. The normalized spacial score (nSPS) is 10.3. The van der Waals surface area contributed by atoms with Crippen molar-refractivity contribution in [3.63, 3.8) is 0 Å². The lowest BCUT2D eigenvalue weighted by atomic mass is 10.1. The van der Waals surface area contributed by atoms with Crippen LogP contribution in [0.1, 0.15) is 27.0 Å². The molecule has 0 aliphatic rings. The van der Waals surface area contributed by atoms with E-state index in [4.69, 9.17) is 17.0 Å². The standard InChI is InChI=1S/C24H24N2O2S/c1-17-13-18(2)15-21(14-17)25-24(29)26-23(27)20-9-6-10-22(16-20)28-12-11-19-7-4-3-5-8-19/h3-10,13-16H,11-12H2,1-2H3,(H2,25,26,27,29). The Balaban J connectivity index is 1.55. The molecule has 0 bridgehead atoms. The summed E-state index contributed by atoms with van der Waals surface area (Å²) in [5.41, 5.74) is 4.81. The molecule has 0 saturated heterocycles. The Morgan fingerprint density at radius 3 is 2.38 bits per heavy atom. The lowest BCUT2D eigenvalue weighted by molar-refractivity contribution is 0.0977. The molecular formula is C24H24N2O2S. The van der Waals surface area contributed by atoms with Crippen molar-refractivity contribution in [2.24, 2.45) is 0 Å². The quantitative estimate of drug-likeness (QED) is 0.565. The number of hydrogen-bond donors (Lipinski definition) is 2. The van der Waals surface area contributed by atoms with Crippen molar-refractivity contribution in [2.45, 2.75) is 20.3 Å². The lowest BCUT2D eigenvalue weighted by Gasteiger charge is -2.12. The summed E-state index contributed by atoms with van der Waals surface area (Å²) >= 11 is 5.28. The summed E-state index contributed by atoms with van der Waals surface area (Å²) in [7, 11) is 0. The van der Waals surface area contributed by atoms with Crippen molar-refractivity contribution in [2.75, 3.05) is 11.9 Å². The number of thiocarbonyl (C=S) groups is 1. The van der Waals surface area contributed by atoms with Crippen molar-refractivity contribution in [1.29, 1.82) is 0 Å². The van der Waals surface area contributed by atoms with Crippen LogP contribution in [0.25, 0.3) is 0 Å². The van der Waals surface area contributed by atoms with Gasteiger partial charge in [0.15, 0.2) is 5.11 Å². The van der Waals surface area contributed by atoms with Crippen LogP contribution in [0.4, 0.5) is 5.69 Å². The topological polar surface area (TPSA) is 50.4 Å². The largest absolute Gasteiger partial charge is 0.493 e. The molecule has 0 aliphatic carbocycles. The van der Waals surface area contributed by atoms with Gasteiger partial charge >= 0.3 is 0 Å². The van der Waals surface area contributed by atoms with Crippen LogP contribution in [0.5, 0.6) is 5.75 Å². The van der Waals surface area contributed by atoms with Gasteiger partial charge < -0.3 is 10.1 Å². The molecule has 0 unspecified atom stereocenters. The molecule has 2 N–H and O–H groups in total. The third-order valence-electron chi connectivity index (χ3n) is 4.31. The Morgan fingerprint density at radius 2 is 1.66 bits per heavy atom. The first kappa shape index (κ1) is 20.6. The Labute approximate surface area is 176 Å². The first-order chi connectivity index (χ1) is 14.0. The SMILES string of the molecule is Cc1cc(C)cc(NC(=S)NC(=O)c2cccc(OCCc3ccccc3)c2)c1. The molecule has 0 aromatic heterocycles. The Bertz CT molecular complexity index is 983. The number of amides is 1. The molecule has 3 aromatic rings. The first-order valence-electron chi connectivity index (χ1n) is 9.47. The summed E-state index contributed by atoms with van der Waals surface area (Å²) in [6, 6.07) is 23.3. The maximum absolute atomic E-state index is 12.5. The molecule has 0 aliphatic heterocycles. The van der Waals surface area contributed by atoms with E-state index in [1.165, 1.54) is 5.56 Å². The van der Waals surface area contributed by atoms with Gasteiger partial charge in [-0.25, -0.2) is 0 Å². The molecule has 0 heterocycles. The minimum atomic E-state index is -0.277. The number of rotatable bonds is 6. The van der Waals surface area contributed by atoms with Crippen molar-refractivity contribution < 1.29 is 9.53 Å². The lowest BCUT2D eigenvalue weighted by Crippen LogP contribution is -2.34. The summed E-state index contributed by atoms with van der Waals surface area (Å²) in [6.45, 7) is 4.58. The summed E-state index contributed by atoms with van der Waals surface area (Å²) in [5, 5.41) is 6.04. The highest BCUT2D eigenvalue weighted by Gasteiger charge is 2.09. The molecule has 1 amide bonds. The van der Waals surface area contributed by atoms with Crippen LogP contribution in [-0.4, -0.2) is 17.6 Å². The van der Waals surface area contributed by atoms with Gasteiger partial charge in [-0.15, -0.1) is 0 Å². The highest BCUT2D eigenvalue weighted by molar-refractivity contribution is 7.80. The molecule has 0 atom stereocenters. The average molecular weight is 405 g/mol. The number of nitrogens with one attached hydrogen (secondary N) is 2. The summed E-state index contributed by atoms with van der Waals surface area (Å²) in [5.74, 6) is 0.377. The number of hydrogen-bond acceptors (Lipinski definition) is 3. The predicted octanol–water partition coefficient (Wildman–Crippen LogP) is 5.05. The third-order valence-corrected chi connectivity index (χ3v) is 4.51. The Morgan fingerprint density at radius 1 is 0.931 bits per heavy atom. The molecule has 4 nitrogen and oxygen atoms in total. The van der Waals surface area contributed by atoms with Crippen LogP contribution in [0.15, 0.2) is 72.8 Å². The molecule has 148 valence electrons. The molecule has 3 rings (SSSR count). The molecule has 0 radical (unpaired) electrons. The van der Waals surface area contributed by atoms with E-state index in [1.807, 2.05) is 50.2 Å². The van der Waals surface area contributed by atoms with Crippen LogP contribution in [0.2, 0.25) is 0 Å². The predicted molar refractivity (Wildman–Crippen MR) is 122 cm³/mol. The number of aryl methyl sites for hydroxylation is 2. The van der Waals surface area contributed by atoms with E-state index in [-0.39, 0.29) is 11.0 Å².